The van der Waals surface area contributed by atoms with Crippen LogP contribution >= 0.6 is 0 Å². The minimum atomic E-state index is 0.891. The van der Waals surface area contributed by atoms with Crippen molar-refractivity contribution < 1.29 is 4.42 Å². The smallest absolute Gasteiger partial charge is 0.143 e. The summed E-state index contributed by atoms with van der Waals surface area (Å²) >= 11 is 0. The first-order chi connectivity index (χ1) is 27.7. The van der Waals surface area contributed by atoms with E-state index in [1.54, 1.807) is 0 Å². The molecule has 2 heteroatoms. The van der Waals surface area contributed by atoms with Gasteiger partial charge in [0.15, 0.2) is 0 Å². The van der Waals surface area contributed by atoms with Crippen molar-refractivity contribution in [3.8, 4) is 33.4 Å². The summed E-state index contributed by atoms with van der Waals surface area (Å²) in [4.78, 5) is 2.39. The average molecular weight is 714 g/mol. The first-order valence-corrected chi connectivity index (χ1v) is 19.2. The van der Waals surface area contributed by atoms with Crippen LogP contribution in [0.2, 0.25) is 0 Å². The number of furan rings is 1. The molecule has 0 radical (unpaired) electrons. The lowest BCUT2D eigenvalue weighted by atomic mass is 9.97. The molecule has 0 spiro atoms. The van der Waals surface area contributed by atoms with Crippen molar-refractivity contribution in [3.05, 3.63) is 212 Å². The van der Waals surface area contributed by atoms with Crippen molar-refractivity contribution in [2.75, 3.05) is 4.90 Å². The van der Waals surface area contributed by atoms with Crippen molar-refractivity contribution in [3.63, 3.8) is 0 Å². The lowest BCUT2D eigenvalue weighted by Crippen LogP contribution is -2.11. The van der Waals surface area contributed by atoms with Crippen LogP contribution in [0.4, 0.5) is 17.1 Å². The number of benzene rings is 10. The first kappa shape index (κ1) is 32.0. The molecular weight excluding hydrogens is 679 g/mol. The van der Waals surface area contributed by atoms with Gasteiger partial charge in [-0.1, -0.05) is 158 Å². The van der Waals surface area contributed by atoms with E-state index >= 15 is 0 Å². The highest BCUT2D eigenvalue weighted by Crippen LogP contribution is 2.44. The van der Waals surface area contributed by atoms with E-state index in [1.165, 1.54) is 49.2 Å². The second kappa shape index (κ2) is 13.2. The van der Waals surface area contributed by atoms with E-state index in [0.29, 0.717) is 0 Å². The maximum Gasteiger partial charge on any atom is 0.143 e. The standard InChI is InChI=1S/C54H35NO/c1-2-13-41-34-42(21-20-36(41)10-1)37-22-28-44(29-23-37)55(45-30-24-40(25-31-45)47-18-9-14-38-11-3-5-15-46(38)47)52-19-8-7-16-48(52)43-27-33-53-51(35-43)50-32-26-39-12-4-6-17-49(39)54(50)56-53/h1-35H. The van der Waals surface area contributed by atoms with Gasteiger partial charge in [0.25, 0.3) is 0 Å². The molecule has 1 aromatic heterocycles. The second-order valence-electron chi connectivity index (χ2n) is 14.5. The SMILES string of the molecule is c1ccc(N(c2ccc(-c3ccc4ccccc4c3)cc2)c2ccc(-c3cccc4ccccc34)cc2)c(-c2ccc3oc4c5ccccc5ccc4c3c2)c1. The molecule has 0 saturated carbocycles. The molecule has 0 amide bonds. The molecule has 0 bridgehead atoms. The highest BCUT2D eigenvalue weighted by atomic mass is 16.3. The Labute approximate surface area is 325 Å². The monoisotopic (exact) mass is 713 g/mol. The third-order valence-electron chi connectivity index (χ3n) is 11.3. The van der Waals surface area contributed by atoms with Gasteiger partial charge in [0.05, 0.1) is 5.69 Å². The number of hydrogen-bond acceptors (Lipinski definition) is 2. The molecular formula is C54H35NO. The zero-order valence-electron chi connectivity index (χ0n) is 30.6. The van der Waals surface area contributed by atoms with Crippen LogP contribution in [0, 0.1) is 0 Å². The summed E-state index contributed by atoms with van der Waals surface area (Å²) in [6.07, 6.45) is 0. The lowest BCUT2D eigenvalue weighted by Gasteiger charge is -2.28. The third-order valence-corrected chi connectivity index (χ3v) is 11.3. The van der Waals surface area contributed by atoms with Crippen molar-refractivity contribution >= 4 is 71.3 Å². The van der Waals surface area contributed by atoms with E-state index in [2.05, 4.69) is 217 Å². The quantitative estimate of drug-likeness (QED) is 0.171. The van der Waals surface area contributed by atoms with E-state index in [4.69, 9.17) is 4.42 Å². The average Bonchev–Trinajstić information content (AvgIpc) is 3.65. The lowest BCUT2D eigenvalue weighted by molar-refractivity contribution is 0.672. The Morgan fingerprint density at radius 1 is 0.304 bits per heavy atom. The van der Waals surface area contributed by atoms with E-state index < -0.39 is 0 Å². The first-order valence-electron chi connectivity index (χ1n) is 19.2. The van der Waals surface area contributed by atoms with Gasteiger partial charge < -0.3 is 9.32 Å². The summed E-state index contributed by atoms with van der Waals surface area (Å²) in [5, 5.41) is 9.54. The predicted octanol–water partition coefficient (Wildman–Crippen LogP) is 15.5. The molecule has 0 aliphatic carbocycles. The summed E-state index contributed by atoms with van der Waals surface area (Å²) < 4.78 is 6.51. The van der Waals surface area contributed by atoms with Gasteiger partial charge in [-0.2, -0.15) is 0 Å². The van der Waals surface area contributed by atoms with Gasteiger partial charge in [-0.05, 0) is 109 Å². The van der Waals surface area contributed by atoms with Crippen LogP contribution in [0.15, 0.2) is 217 Å². The zero-order valence-corrected chi connectivity index (χ0v) is 30.6. The van der Waals surface area contributed by atoms with Crippen molar-refractivity contribution in [2.45, 2.75) is 0 Å². The molecule has 0 fully saturated rings. The van der Waals surface area contributed by atoms with Gasteiger partial charge in [-0.3, -0.25) is 0 Å². The number of hydrogen-bond donors (Lipinski definition) is 0. The largest absolute Gasteiger partial charge is 0.455 e. The van der Waals surface area contributed by atoms with E-state index in [1.807, 2.05) is 0 Å². The molecule has 1 heterocycles. The summed E-state index contributed by atoms with van der Waals surface area (Å²) in [6.45, 7) is 0. The van der Waals surface area contributed by atoms with Crippen LogP contribution in [0.5, 0.6) is 0 Å². The number of nitrogens with zero attached hydrogens (tertiary/aromatic N) is 1. The summed E-state index contributed by atoms with van der Waals surface area (Å²) in [5.74, 6) is 0. The molecule has 2 nitrogen and oxygen atoms in total. The molecule has 0 unspecified atom stereocenters. The van der Waals surface area contributed by atoms with Gasteiger partial charge in [-0.25, -0.2) is 0 Å². The molecule has 0 N–H and O–H groups in total. The maximum absolute atomic E-state index is 6.51. The minimum Gasteiger partial charge on any atom is -0.455 e. The molecule has 11 rings (SSSR count). The Kier molecular flexibility index (Phi) is 7.53. The fourth-order valence-corrected chi connectivity index (χ4v) is 8.45. The van der Waals surface area contributed by atoms with Gasteiger partial charge in [0, 0.05) is 33.1 Å². The molecule has 0 aliphatic heterocycles. The van der Waals surface area contributed by atoms with Gasteiger partial charge in [-0.15, -0.1) is 0 Å². The van der Waals surface area contributed by atoms with Gasteiger partial charge in [0.2, 0.25) is 0 Å². The molecule has 56 heavy (non-hydrogen) atoms. The third kappa shape index (κ3) is 5.42. The molecule has 0 aliphatic rings. The fraction of sp³-hybridized carbons (Fsp3) is 0. The number of para-hydroxylation sites is 1. The summed E-state index contributed by atoms with van der Waals surface area (Å²) in [7, 11) is 0. The van der Waals surface area contributed by atoms with Crippen LogP contribution in [0.25, 0.3) is 87.6 Å². The highest BCUT2D eigenvalue weighted by molar-refractivity contribution is 6.15. The molecule has 0 saturated heterocycles. The van der Waals surface area contributed by atoms with Gasteiger partial charge >= 0.3 is 0 Å². The van der Waals surface area contributed by atoms with Gasteiger partial charge in [0.1, 0.15) is 11.2 Å². The normalized spacial score (nSPS) is 11.6. The number of anilines is 3. The molecule has 10 aromatic carbocycles. The fourth-order valence-electron chi connectivity index (χ4n) is 8.45. The Morgan fingerprint density at radius 2 is 0.875 bits per heavy atom. The Hall–Kier alpha value is -7.42. The van der Waals surface area contributed by atoms with Crippen molar-refractivity contribution in [2.24, 2.45) is 0 Å². The highest BCUT2D eigenvalue weighted by Gasteiger charge is 2.19. The Bertz CT molecular complexity index is 3240. The van der Waals surface area contributed by atoms with Crippen molar-refractivity contribution in [1.29, 1.82) is 0 Å². The Morgan fingerprint density at radius 3 is 1.68 bits per heavy atom. The molecule has 11 aromatic rings. The number of rotatable bonds is 6. The molecule has 262 valence electrons. The minimum absolute atomic E-state index is 0.891. The predicted molar refractivity (Wildman–Crippen MR) is 237 cm³/mol. The summed E-state index contributed by atoms with van der Waals surface area (Å²) in [6, 6.07) is 76.6. The maximum atomic E-state index is 6.51. The van der Waals surface area contributed by atoms with Crippen molar-refractivity contribution in [1.82, 2.24) is 0 Å². The second-order valence-corrected chi connectivity index (χ2v) is 14.5. The molecule has 0 atom stereocenters. The van der Waals surface area contributed by atoms with Crippen LogP contribution < -0.4 is 4.90 Å². The van der Waals surface area contributed by atoms with E-state index in [9.17, 15) is 0 Å². The van der Waals surface area contributed by atoms with E-state index in [-0.39, 0.29) is 0 Å². The van der Waals surface area contributed by atoms with Crippen LogP contribution in [-0.4, -0.2) is 0 Å². The van der Waals surface area contributed by atoms with Crippen LogP contribution in [-0.2, 0) is 0 Å². The van der Waals surface area contributed by atoms with Crippen LogP contribution in [0.1, 0.15) is 0 Å². The summed E-state index contributed by atoms with van der Waals surface area (Å²) in [5.41, 5.74) is 12.2. The zero-order chi connectivity index (χ0) is 37.0. The topological polar surface area (TPSA) is 16.4 Å². The van der Waals surface area contributed by atoms with Crippen LogP contribution in [0.3, 0.4) is 0 Å². The van der Waals surface area contributed by atoms with E-state index in [0.717, 1.165) is 55.5 Å². The Balaban J connectivity index is 1.05. The number of fused-ring (bicyclic) bond motifs is 7.